The van der Waals surface area contributed by atoms with E-state index in [1.54, 1.807) is 4.90 Å². The van der Waals surface area contributed by atoms with Gasteiger partial charge in [0.05, 0.1) is 5.56 Å². The van der Waals surface area contributed by atoms with Crippen LogP contribution in [0, 0.1) is 17.8 Å². The molecule has 1 aromatic carbocycles. The molecule has 1 saturated heterocycles. The summed E-state index contributed by atoms with van der Waals surface area (Å²) in [6, 6.07) is 6.20. The van der Waals surface area contributed by atoms with E-state index in [2.05, 4.69) is 21.4 Å². The third-order valence-electron chi connectivity index (χ3n) is 10.4. The smallest absolute Gasteiger partial charge is 0.434 e. The number of hydrogen-bond donors (Lipinski definition) is 2. The Labute approximate surface area is 242 Å². The number of anilines is 2. The van der Waals surface area contributed by atoms with Crippen LogP contribution in [0.15, 0.2) is 24.4 Å². The molecule has 2 bridgehead atoms. The van der Waals surface area contributed by atoms with E-state index < -0.39 is 34.8 Å². The number of amides is 1. The number of carbonyl (C=O) groups is 2. The molecule has 1 aromatic heterocycles. The maximum Gasteiger partial charge on any atom is 0.434 e. The Bertz CT molecular complexity index is 1440. The van der Waals surface area contributed by atoms with Crippen LogP contribution in [0.25, 0.3) is 0 Å². The Hall–Kier alpha value is -3.21. The molecule has 4 fully saturated rings. The molecule has 2 aliphatic heterocycles. The summed E-state index contributed by atoms with van der Waals surface area (Å²) in [6.07, 6.45) is 2.04. The molecule has 4 unspecified atom stereocenters. The van der Waals surface area contributed by atoms with Gasteiger partial charge in [0.25, 0.3) is 5.91 Å². The first-order chi connectivity index (χ1) is 20.0. The SMILES string of the molecule is CC1CC2CC(C1)C(NC(=O)c1cnc(N3CC4(CCOCC4)c4cc(C5CC5)ccc43)nc1C(F)(F)F)(C(=O)O)C2. The molecule has 2 N–H and O–H groups in total. The summed E-state index contributed by atoms with van der Waals surface area (Å²) in [6.45, 7) is 3.61. The van der Waals surface area contributed by atoms with Crippen LogP contribution in [-0.4, -0.2) is 52.2 Å². The van der Waals surface area contributed by atoms with E-state index in [-0.39, 0.29) is 29.6 Å². The van der Waals surface area contributed by atoms with Gasteiger partial charge < -0.3 is 20.1 Å². The molecule has 7 rings (SSSR count). The summed E-state index contributed by atoms with van der Waals surface area (Å²) in [7, 11) is 0. The fourth-order valence-corrected chi connectivity index (χ4v) is 8.29. The highest BCUT2D eigenvalue weighted by atomic mass is 19.4. The van der Waals surface area contributed by atoms with E-state index in [4.69, 9.17) is 4.74 Å². The minimum Gasteiger partial charge on any atom is -0.479 e. The van der Waals surface area contributed by atoms with E-state index in [1.807, 2.05) is 19.1 Å². The van der Waals surface area contributed by atoms with Gasteiger partial charge >= 0.3 is 12.1 Å². The molecule has 3 saturated carbocycles. The van der Waals surface area contributed by atoms with Gasteiger partial charge in [-0.2, -0.15) is 13.2 Å². The lowest BCUT2D eigenvalue weighted by atomic mass is 9.75. The van der Waals surface area contributed by atoms with Crippen molar-refractivity contribution in [3.05, 3.63) is 46.8 Å². The van der Waals surface area contributed by atoms with Gasteiger partial charge in [-0.3, -0.25) is 4.79 Å². The molecule has 1 spiro atoms. The van der Waals surface area contributed by atoms with Crippen LogP contribution in [0.5, 0.6) is 0 Å². The van der Waals surface area contributed by atoms with E-state index in [9.17, 15) is 27.9 Å². The maximum atomic E-state index is 14.5. The number of aromatic nitrogens is 2. The van der Waals surface area contributed by atoms with Gasteiger partial charge in [0.15, 0.2) is 5.69 Å². The van der Waals surface area contributed by atoms with Gasteiger partial charge in [-0.15, -0.1) is 0 Å². The Kier molecular flexibility index (Phi) is 6.35. The maximum absolute atomic E-state index is 14.5. The van der Waals surface area contributed by atoms with E-state index in [0.29, 0.717) is 44.4 Å². The molecule has 11 heteroatoms. The fraction of sp³-hybridized carbons (Fsp3) is 0.613. The molecule has 224 valence electrons. The van der Waals surface area contributed by atoms with E-state index in [1.165, 1.54) is 5.56 Å². The number of aliphatic carboxylic acids is 1. The van der Waals surface area contributed by atoms with Gasteiger partial charge in [-0.25, -0.2) is 14.8 Å². The summed E-state index contributed by atoms with van der Waals surface area (Å²) in [5, 5.41) is 12.7. The second-order valence-corrected chi connectivity index (χ2v) is 13.3. The summed E-state index contributed by atoms with van der Waals surface area (Å²) < 4.78 is 49.1. The van der Waals surface area contributed by atoms with Crippen molar-refractivity contribution >= 4 is 23.5 Å². The molecule has 5 aliphatic rings. The normalized spacial score (nSPS) is 29.9. The third kappa shape index (κ3) is 4.46. The van der Waals surface area contributed by atoms with Crippen molar-refractivity contribution in [2.24, 2.45) is 17.8 Å². The first kappa shape index (κ1) is 27.6. The highest BCUT2D eigenvalue weighted by Crippen LogP contribution is 2.52. The van der Waals surface area contributed by atoms with Gasteiger partial charge in [-0.1, -0.05) is 19.1 Å². The standard InChI is InChI=1S/C31H35F3N4O4/c1-17-10-18-12-21(11-17)30(14-18,27(40)41)37-26(39)22-15-35-28(36-25(22)31(32,33)34)38-16-29(6-8-42-9-7-29)23-13-20(19-2-3-19)4-5-24(23)38/h4-5,13,15,17-19,21H,2-3,6-12,14,16H2,1H3,(H,37,39)(H,40,41). The van der Waals surface area contributed by atoms with Crippen LogP contribution in [0.2, 0.25) is 0 Å². The van der Waals surface area contributed by atoms with Crippen molar-refractivity contribution in [3.8, 4) is 0 Å². The van der Waals surface area contributed by atoms with E-state index in [0.717, 1.165) is 49.6 Å². The number of nitrogens with zero attached hydrogens (tertiary/aromatic N) is 3. The largest absolute Gasteiger partial charge is 0.479 e. The zero-order chi connectivity index (χ0) is 29.4. The molecule has 2 aromatic rings. The minimum atomic E-state index is -4.95. The minimum absolute atomic E-state index is 0.115. The molecule has 8 nitrogen and oxygen atoms in total. The number of ether oxygens (including phenoxy) is 1. The monoisotopic (exact) mass is 584 g/mol. The molecule has 0 radical (unpaired) electrons. The molecule has 42 heavy (non-hydrogen) atoms. The lowest BCUT2D eigenvalue weighted by Gasteiger charge is -2.34. The Balaban J connectivity index is 1.24. The molecule has 4 atom stereocenters. The summed E-state index contributed by atoms with van der Waals surface area (Å²) in [4.78, 5) is 35.9. The average Bonchev–Trinajstić information content (AvgIpc) is 3.71. The predicted octanol–water partition coefficient (Wildman–Crippen LogP) is 5.58. The molecular weight excluding hydrogens is 549 g/mol. The number of halogens is 3. The topological polar surface area (TPSA) is 105 Å². The van der Waals surface area contributed by atoms with Gasteiger partial charge in [0.1, 0.15) is 5.54 Å². The second kappa shape index (κ2) is 9.65. The molecule has 1 amide bonds. The van der Waals surface area contributed by atoms with Crippen LogP contribution in [-0.2, 0) is 21.1 Å². The summed E-state index contributed by atoms with van der Waals surface area (Å²) >= 11 is 0. The molecule has 3 heterocycles. The average molecular weight is 585 g/mol. The predicted molar refractivity (Wildman–Crippen MR) is 147 cm³/mol. The Morgan fingerprint density at radius 1 is 1.14 bits per heavy atom. The zero-order valence-corrected chi connectivity index (χ0v) is 23.5. The van der Waals surface area contributed by atoms with Crippen molar-refractivity contribution in [1.29, 1.82) is 0 Å². The van der Waals surface area contributed by atoms with Crippen LogP contribution in [0.1, 0.15) is 91.4 Å². The Morgan fingerprint density at radius 2 is 1.90 bits per heavy atom. The number of rotatable bonds is 5. The number of nitrogens with one attached hydrogen (secondary N) is 1. The van der Waals surface area contributed by atoms with Gasteiger partial charge in [-0.05, 0) is 92.2 Å². The number of alkyl halides is 3. The first-order valence-electron chi connectivity index (χ1n) is 15.0. The quantitative estimate of drug-likeness (QED) is 0.473. The van der Waals surface area contributed by atoms with Crippen LogP contribution < -0.4 is 10.2 Å². The number of benzene rings is 1. The van der Waals surface area contributed by atoms with Crippen molar-refractivity contribution in [2.75, 3.05) is 24.7 Å². The number of fused-ring (bicyclic) bond motifs is 4. The number of carboxylic acid groups (broad SMARTS) is 1. The lowest BCUT2D eigenvalue weighted by molar-refractivity contribution is -0.146. The molecule has 3 aliphatic carbocycles. The second-order valence-electron chi connectivity index (χ2n) is 13.3. The summed E-state index contributed by atoms with van der Waals surface area (Å²) in [5.41, 5.74) is -0.862. The van der Waals surface area contributed by atoms with Crippen molar-refractivity contribution in [2.45, 2.75) is 81.3 Å². The van der Waals surface area contributed by atoms with Crippen molar-refractivity contribution in [3.63, 3.8) is 0 Å². The van der Waals surface area contributed by atoms with E-state index >= 15 is 0 Å². The van der Waals surface area contributed by atoms with Crippen LogP contribution in [0.4, 0.5) is 24.8 Å². The Morgan fingerprint density at radius 3 is 2.60 bits per heavy atom. The number of carbonyl (C=O) groups excluding carboxylic acids is 1. The van der Waals surface area contributed by atoms with Crippen molar-refractivity contribution in [1.82, 2.24) is 15.3 Å². The first-order valence-corrected chi connectivity index (χ1v) is 15.0. The number of hydrogen-bond acceptors (Lipinski definition) is 6. The molecular formula is C31H35F3N4O4. The number of carboxylic acids is 1. The van der Waals surface area contributed by atoms with Crippen LogP contribution >= 0.6 is 0 Å². The fourth-order valence-electron chi connectivity index (χ4n) is 8.29. The van der Waals surface area contributed by atoms with Gasteiger partial charge in [0, 0.05) is 37.1 Å². The summed E-state index contributed by atoms with van der Waals surface area (Å²) in [5.74, 6) is -1.82. The zero-order valence-electron chi connectivity index (χ0n) is 23.5. The third-order valence-corrected chi connectivity index (χ3v) is 10.4. The van der Waals surface area contributed by atoms with Crippen LogP contribution in [0.3, 0.4) is 0 Å². The van der Waals surface area contributed by atoms with Crippen molar-refractivity contribution < 1.29 is 32.6 Å². The highest BCUT2D eigenvalue weighted by Gasteiger charge is 2.57. The van der Waals surface area contributed by atoms with Gasteiger partial charge in [0.2, 0.25) is 5.95 Å². The highest BCUT2D eigenvalue weighted by molar-refractivity contribution is 5.99. The lowest BCUT2D eigenvalue weighted by Crippen LogP contribution is -2.57.